The number of amides is 1. The van der Waals surface area contributed by atoms with Crippen molar-refractivity contribution in [3.05, 3.63) is 70.8 Å². The molecule has 2 aromatic carbocycles. The Bertz CT molecular complexity index is 1010. The second-order valence-electron chi connectivity index (χ2n) is 7.75. The van der Waals surface area contributed by atoms with Crippen LogP contribution in [-0.2, 0) is 32.7 Å². The Kier molecular flexibility index (Phi) is 4.34. The summed E-state index contributed by atoms with van der Waals surface area (Å²) in [5.41, 5.74) is 3.18. The molecule has 29 heavy (non-hydrogen) atoms. The Hall–Kier alpha value is -3.15. The summed E-state index contributed by atoms with van der Waals surface area (Å²) in [6, 6.07) is 15.9. The largest absolute Gasteiger partial charge is 0.464 e. The summed E-state index contributed by atoms with van der Waals surface area (Å²) in [4.78, 5) is 31.0. The van der Waals surface area contributed by atoms with Crippen LogP contribution in [0.2, 0.25) is 0 Å². The third-order valence-corrected chi connectivity index (χ3v) is 6.05. The zero-order chi connectivity index (χ0) is 19.8. The van der Waals surface area contributed by atoms with Gasteiger partial charge in [-0.1, -0.05) is 42.5 Å². The van der Waals surface area contributed by atoms with Gasteiger partial charge in [0, 0.05) is 37.9 Å². The lowest BCUT2D eigenvalue weighted by molar-refractivity contribution is -0.117. The Balaban J connectivity index is 1.33. The number of hydrogen-bond acceptors (Lipinski definition) is 5. The molecule has 1 amide bonds. The molecule has 148 valence electrons. The predicted octanol–water partition coefficient (Wildman–Crippen LogP) is 2.85. The highest BCUT2D eigenvalue weighted by Gasteiger charge is 2.47. The second kappa shape index (κ2) is 7.03. The smallest absolute Gasteiger partial charge is 0.339 e. The van der Waals surface area contributed by atoms with Crippen LogP contribution in [0.1, 0.15) is 39.9 Å². The van der Waals surface area contributed by atoms with Crippen molar-refractivity contribution in [2.45, 2.75) is 31.3 Å². The summed E-state index contributed by atoms with van der Waals surface area (Å²) in [6.45, 7) is 1.70. The molecule has 6 heteroatoms. The van der Waals surface area contributed by atoms with Gasteiger partial charge in [-0.2, -0.15) is 4.99 Å². The molecule has 1 saturated heterocycles. The fraction of sp³-hybridized carbons (Fsp3) is 0.348. The Labute approximate surface area is 169 Å². The van der Waals surface area contributed by atoms with Gasteiger partial charge in [-0.25, -0.2) is 4.79 Å². The Morgan fingerprint density at radius 1 is 0.931 bits per heavy atom. The Morgan fingerprint density at radius 3 is 2.48 bits per heavy atom. The highest BCUT2D eigenvalue weighted by Crippen LogP contribution is 2.44. The van der Waals surface area contributed by atoms with E-state index in [2.05, 4.69) is 4.99 Å². The number of carbonyl (C=O) groups is 2. The molecule has 0 aromatic heterocycles. The summed E-state index contributed by atoms with van der Waals surface area (Å²) >= 11 is 0. The third-order valence-electron chi connectivity index (χ3n) is 6.05. The van der Waals surface area contributed by atoms with Crippen molar-refractivity contribution >= 4 is 17.9 Å². The summed E-state index contributed by atoms with van der Waals surface area (Å²) in [5.74, 6) is -0.453. The van der Waals surface area contributed by atoms with E-state index in [9.17, 15) is 9.59 Å². The second-order valence-corrected chi connectivity index (χ2v) is 7.75. The standard InChI is InChI=1S/C23H22N2O4/c26-20-15-17-6-2-1-5-16(17)9-14-28-22(24-20)25-12-10-23(11-13-25)19-8-4-3-7-18(19)21(27)29-23/h1-8H,9-15H2/b24-22-. The lowest BCUT2D eigenvalue weighted by Crippen LogP contribution is -2.46. The van der Waals surface area contributed by atoms with Gasteiger partial charge in [-0.05, 0) is 17.2 Å². The maximum atomic E-state index is 12.5. The van der Waals surface area contributed by atoms with Crippen LogP contribution >= 0.6 is 0 Å². The molecule has 0 saturated carbocycles. The van der Waals surface area contributed by atoms with Gasteiger partial charge in [0.15, 0.2) is 0 Å². The van der Waals surface area contributed by atoms with Gasteiger partial charge < -0.3 is 14.4 Å². The van der Waals surface area contributed by atoms with Crippen molar-refractivity contribution in [2.75, 3.05) is 19.7 Å². The van der Waals surface area contributed by atoms with Crippen molar-refractivity contribution in [1.29, 1.82) is 0 Å². The van der Waals surface area contributed by atoms with E-state index in [0.717, 1.165) is 23.1 Å². The molecule has 0 atom stereocenters. The molecular weight excluding hydrogens is 368 g/mol. The number of hydrogen-bond donors (Lipinski definition) is 0. The van der Waals surface area contributed by atoms with Crippen LogP contribution in [0.3, 0.4) is 0 Å². The summed E-state index contributed by atoms with van der Waals surface area (Å²) < 4.78 is 11.7. The SMILES string of the molecule is O=C1Cc2ccccc2CCO/C(N2CCC3(CC2)OC(=O)c2ccccc23)=N\1. The summed E-state index contributed by atoms with van der Waals surface area (Å²) in [7, 11) is 0. The molecule has 5 rings (SSSR count). The molecule has 0 radical (unpaired) electrons. The fourth-order valence-corrected chi connectivity index (χ4v) is 4.51. The lowest BCUT2D eigenvalue weighted by Gasteiger charge is -2.39. The molecule has 3 aliphatic rings. The van der Waals surface area contributed by atoms with Crippen LogP contribution in [0, 0.1) is 0 Å². The molecule has 0 aliphatic carbocycles. The minimum Gasteiger partial charge on any atom is -0.464 e. The number of carbonyl (C=O) groups excluding carboxylic acids is 2. The molecule has 6 nitrogen and oxygen atoms in total. The van der Waals surface area contributed by atoms with Gasteiger partial charge in [-0.15, -0.1) is 0 Å². The molecule has 0 N–H and O–H groups in total. The normalized spacial score (nSPS) is 22.3. The van der Waals surface area contributed by atoms with Gasteiger partial charge in [0.05, 0.1) is 18.6 Å². The van der Waals surface area contributed by atoms with Crippen LogP contribution in [0.15, 0.2) is 53.5 Å². The van der Waals surface area contributed by atoms with Crippen molar-refractivity contribution in [2.24, 2.45) is 4.99 Å². The topological polar surface area (TPSA) is 68.2 Å². The molecule has 1 fully saturated rings. The van der Waals surface area contributed by atoms with E-state index in [4.69, 9.17) is 9.47 Å². The van der Waals surface area contributed by atoms with Gasteiger partial charge in [-0.3, -0.25) is 4.79 Å². The number of piperidine rings is 1. The average Bonchev–Trinajstić information content (AvgIpc) is 3.04. The number of nitrogens with zero attached hydrogens (tertiary/aromatic N) is 2. The maximum Gasteiger partial charge on any atom is 0.339 e. The van der Waals surface area contributed by atoms with E-state index in [1.54, 1.807) is 0 Å². The first-order chi connectivity index (χ1) is 14.1. The predicted molar refractivity (Wildman–Crippen MR) is 107 cm³/mol. The van der Waals surface area contributed by atoms with Crippen molar-refractivity contribution in [3.63, 3.8) is 0 Å². The number of aliphatic imine (C=N–C) groups is 1. The number of rotatable bonds is 0. The van der Waals surface area contributed by atoms with E-state index in [1.807, 2.05) is 53.4 Å². The zero-order valence-electron chi connectivity index (χ0n) is 16.1. The monoisotopic (exact) mass is 390 g/mol. The van der Waals surface area contributed by atoms with E-state index in [1.165, 1.54) is 0 Å². The van der Waals surface area contributed by atoms with Crippen LogP contribution in [-0.4, -0.2) is 42.5 Å². The average molecular weight is 390 g/mol. The number of ether oxygens (including phenoxy) is 2. The minimum atomic E-state index is -0.580. The molecule has 2 aromatic rings. The van der Waals surface area contributed by atoms with Crippen LogP contribution in [0.4, 0.5) is 0 Å². The third kappa shape index (κ3) is 3.18. The number of amidine groups is 1. The summed E-state index contributed by atoms with van der Waals surface area (Å²) in [5, 5.41) is 0. The van der Waals surface area contributed by atoms with Gasteiger partial charge in [0.2, 0.25) is 0 Å². The zero-order valence-corrected chi connectivity index (χ0v) is 16.1. The van der Waals surface area contributed by atoms with E-state index < -0.39 is 5.60 Å². The fourth-order valence-electron chi connectivity index (χ4n) is 4.51. The van der Waals surface area contributed by atoms with Gasteiger partial charge in [0.1, 0.15) is 5.60 Å². The Morgan fingerprint density at radius 2 is 1.66 bits per heavy atom. The first-order valence-corrected chi connectivity index (χ1v) is 10.0. The molecular formula is C23H22N2O4. The summed E-state index contributed by atoms with van der Waals surface area (Å²) in [6.07, 6.45) is 2.32. The highest BCUT2D eigenvalue weighted by molar-refractivity contribution is 5.95. The van der Waals surface area contributed by atoms with Crippen LogP contribution < -0.4 is 0 Å². The van der Waals surface area contributed by atoms with E-state index in [0.29, 0.717) is 44.1 Å². The lowest BCUT2D eigenvalue weighted by atomic mass is 9.84. The van der Waals surface area contributed by atoms with Gasteiger partial charge in [0.25, 0.3) is 11.9 Å². The number of esters is 1. The van der Waals surface area contributed by atoms with Crippen LogP contribution in [0.5, 0.6) is 0 Å². The maximum absolute atomic E-state index is 12.5. The molecule has 3 aliphatic heterocycles. The van der Waals surface area contributed by atoms with E-state index in [-0.39, 0.29) is 18.3 Å². The quantitative estimate of drug-likeness (QED) is 0.647. The first-order valence-electron chi connectivity index (χ1n) is 10.0. The van der Waals surface area contributed by atoms with Crippen molar-refractivity contribution in [3.8, 4) is 0 Å². The highest BCUT2D eigenvalue weighted by atomic mass is 16.6. The van der Waals surface area contributed by atoms with E-state index >= 15 is 0 Å². The molecule has 0 unspecified atom stereocenters. The molecule has 0 bridgehead atoms. The number of likely N-dealkylation sites (tertiary alicyclic amines) is 1. The molecule has 1 spiro atoms. The number of fused-ring (bicyclic) bond motifs is 3. The minimum absolute atomic E-state index is 0.202. The van der Waals surface area contributed by atoms with Gasteiger partial charge >= 0.3 is 5.97 Å². The van der Waals surface area contributed by atoms with Crippen molar-refractivity contribution < 1.29 is 19.1 Å². The first kappa shape index (κ1) is 17.9. The van der Waals surface area contributed by atoms with Crippen molar-refractivity contribution in [1.82, 2.24) is 4.90 Å². The number of benzene rings is 2. The molecule has 3 heterocycles. The van der Waals surface area contributed by atoms with Crippen LogP contribution in [0.25, 0.3) is 0 Å².